The van der Waals surface area contributed by atoms with Crippen LogP contribution in [0.2, 0.25) is 0 Å². The predicted molar refractivity (Wildman–Crippen MR) is 123 cm³/mol. The number of thioether (sulfide) groups is 1. The van der Waals surface area contributed by atoms with Gasteiger partial charge in [-0.2, -0.15) is 5.10 Å². The van der Waals surface area contributed by atoms with Crippen molar-refractivity contribution < 1.29 is 19.1 Å². The Kier molecular flexibility index (Phi) is 7.12. The van der Waals surface area contributed by atoms with Crippen molar-refractivity contribution in [2.24, 2.45) is 10.2 Å². The van der Waals surface area contributed by atoms with Gasteiger partial charge in [-0.05, 0) is 53.8 Å². The molecule has 0 radical (unpaired) electrons. The highest BCUT2D eigenvalue weighted by molar-refractivity contribution is 8.15. The summed E-state index contributed by atoms with van der Waals surface area (Å²) in [7, 11) is 0. The van der Waals surface area contributed by atoms with E-state index in [0.717, 1.165) is 11.1 Å². The van der Waals surface area contributed by atoms with E-state index < -0.39 is 5.97 Å². The summed E-state index contributed by atoms with van der Waals surface area (Å²) in [6.07, 6.45) is 1.54. The minimum absolute atomic E-state index is 0.00872. The molecule has 0 saturated carbocycles. The number of nitrogens with zero attached hydrogens (tertiary/aromatic N) is 2. The second-order valence-corrected chi connectivity index (χ2v) is 8.81. The first kappa shape index (κ1) is 22.6. The molecule has 0 aliphatic carbocycles. The van der Waals surface area contributed by atoms with Crippen LogP contribution in [0.5, 0.6) is 11.5 Å². The second kappa shape index (κ2) is 9.78. The van der Waals surface area contributed by atoms with E-state index in [-0.39, 0.29) is 11.3 Å². The Labute approximate surface area is 185 Å². The minimum atomic E-state index is -0.455. The molecule has 1 N–H and O–H groups in total. The summed E-state index contributed by atoms with van der Waals surface area (Å²) >= 11 is 1.30. The summed E-state index contributed by atoms with van der Waals surface area (Å²) in [6, 6.07) is 12.5. The van der Waals surface area contributed by atoms with Crippen molar-refractivity contribution in [3.63, 3.8) is 0 Å². The van der Waals surface area contributed by atoms with Crippen molar-refractivity contribution in [2.45, 2.75) is 33.1 Å². The number of amides is 1. The van der Waals surface area contributed by atoms with Gasteiger partial charge in [0.1, 0.15) is 0 Å². The Morgan fingerprint density at radius 2 is 1.90 bits per heavy atom. The average molecular weight is 440 g/mol. The number of hydrogen-bond acceptors (Lipinski definition) is 7. The first-order valence-electron chi connectivity index (χ1n) is 9.89. The zero-order valence-electron chi connectivity index (χ0n) is 18.0. The van der Waals surface area contributed by atoms with Gasteiger partial charge in [-0.25, -0.2) is 4.79 Å². The number of esters is 1. The summed E-state index contributed by atoms with van der Waals surface area (Å²) < 4.78 is 11.2. The standard InChI is InChI=1S/C23H25N3O4S/c1-5-29-19-12-15(13-24-26-22-25-20(27)14-31-22)6-11-18(19)30-21(28)16-7-9-17(10-8-16)23(2,3)4/h6-13H,5,14H2,1-4H3,(H,25,26,27)/b24-13-. The van der Waals surface area contributed by atoms with Crippen molar-refractivity contribution in [1.29, 1.82) is 0 Å². The van der Waals surface area contributed by atoms with Crippen LogP contribution in [0.25, 0.3) is 0 Å². The Morgan fingerprint density at radius 3 is 2.52 bits per heavy atom. The highest BCUT2D eigenvalue weighted by Gasteiger charge is 2.17. The van der Waals surface area contributed by atoms with E-state index in [1.54, 1.807) is 30.3 Å². The van der Waals surface area contributed by atoms with E-state index in [4.69, 9.17) is 9.47 Å². The third-order valence-electron chi connectivity index (χ3n) is 4.40. The smallest absolute Gasteiger partial charge is 0.343 e. The number of carbonyl (C=O) groups excluding carboxylic acids is 2. The van der Waals surface area contributed by atoms with Crippen LogP contribution in [0.15, 0.2) is 52.7 Å². The average Bonchev–Trinajstić information content (AvgIpc) is 3.14. The number of rotatable bonds is 6. The summed E-state index contributed by atoms with van der Waals surface area (Å²) in [4.78, 5) is 23.8. The lowest BCUT2D eigenvalue weighted by atomic mass is 9.87. The Balaban J connectivity index is 1.73. The molecule has 162 valence electrons. The number of ether oxygens (including phenoxy) is 2. The molecule has 0 unspecified atom stereocenters. The molecule has 0 spiro atoms. The SMILES string of the molecule is CCOc1cc(/C=N\N=C2NC(=O)CS2)ccc1OC(=O)c1ccc(C(C)(C)C)cc1. The lowest BCUT2D eigenvalue weighted by Crippen LogP contribution is -2.19. The lowest BCUT2D eigenvalue weighted by molar-refractivity contribution is -0.116. The molecule has 1 amide bonds. The van der Waals surface area contributed by atoms with Crippen LogP contribution in [0, 0.1) is 0 Å². The maximum absolute atomic E-state index is 12.6. The van der Waals surface area contributed by atoms with Crippen LogP contribution in [0.4, 0.5) is 0 Å². The molecular weight excluding hydrogens is 414 g/mol. The lowest BCUT2D eigenvalue weighted by Gasteiger charge is -2.19. The summed E-state index contributed by atoms with van der Waals surface area (Å²) in [5.41, 5.74) is 2.33. The van der Waals surface area contributed by atoms with Gasteiger partial charge in [0.05, 0.1) is 24.1 Å². The van der Waals surface area contributed by atoms with Gasteiger partial charge >= 0.3 is 5.97 Å². The number of benzene rings is 2. The summed E-state index contributed by atoms with van der Waals surface area (Å²) in [5.74, 6) is 0.568. The Hall–Kier alpha value is -3.13. The largest absolute Gasteiger partial charge is 0.490 e. The predicted octanol–water partition coefficient (Wildman–Crippen LogP) is 4.15. The van der Waals surface area contributed by atoms with Crippen molar-refractivity contribution in [1.82, 2.24) is 5.32 Å². The van der Waals surface area contributed by atoms with Crippen LogP contribution < -0.4 is 14.8 Å². The van der Waals surface area contributed by atoms with E-state index in [0.29, 0.717) is 34.6 Å². The molecule has 1 fully saturated rings. The van der Waals surface area contributed by atoms with Crippen LogP contribution in [-0.2, 0) is 10.2 Å². The fourth-order valence-electron chi connectivity index (χ4n) is 2.75. The van der Waals surface area contributed by atoms with Crippen molar-refractivity contribution in [3.8, 4) is 11.5 Å². The number of nitrogens with one attached hydrogen (secondary N) is 1. The highest BCUT2D eigenvalue weighted by atomic mass is 32.2. The van der Waals surface area contributed by atoms with Crippen molar-refractivity contribution >= 4 is 35.0 Å². The fraction of sp³-hybridized carbons (Fsp3) is 0.304. The Morgan fingerprint density at radius 1 is 1.16 bits per heavy atom. The number of hydrogen-bond donors (Lipinski definition) is 1. The van der Waals surface area contributed by atoms with E-state index in [1.807, 2.05) is 19.1 Å². The normalized spacial score (nSPS) is 15.4. The minimum Gasteiger partial charge on any atom is -0.490 e. The molecule has 1 heterocycles. The van der Waals surface area contributed by atoms with Crippen LogP contribution >= 0.6 is 11.8 Å². The van der Waals surface area contributed by atoms with Gasteiger partial charge in [0.2, 0.25) is 5.91 Å². The van der Waals surface area contributed by atoms with E-state index >= 15 is 0 Å². The zero-order chi connectivity index (χ0) is 22.4. The molecule has 1 aliphatic rings. The molecule has 8 heteroatoms. The molecular formula is C23H25N3O4S. The maximum atomic E-state index is 12.6. The molecule has 0 atom stereocenters. The molecule has 1 aliphatic heterocycles. The van der Waals surface area contributed by atoms with Gasteiger partial charge in [0.15, 0.2) is 16.7 Å². The molecule has 0 aromatic heterocycles. The van der Waals surface area contributed by atoms with Gasteiger partial charge in [-0.3, -0.25) is 4.79 Å². The van der Waals surface area contributed by atoms with Crippen molar-refractivity contribution in [3.05, 3.63) is 59.2 Å². The first-order valence-corrected chi connectivity index (χ1v) is 10.9. The topological polar surface area (TPSA) is 89.3 Å². The molecule has 2 aromatic rings. The molecule has 2 aromatic carbocycles. The fourth-order valence-corrected chi connectivity index (χ4v) is 3.38. The maximum Gasteiger partial charge on any atom is 0.343 e. The molecule has 1 saturated heterocycles. The zero-order valence-corrected chi connectivity index (χ0v) is 18.8. The van der Waals surface area contributed by atoms with Crippen molar-refractivity contribution in [2.75, 3.05) is 12.4 Å². The second-order valence-electron chi connectivity index (χ2n) is 7.84. The monoisotopic (exact) mass is 439 g/mol. The summed E-state index contributed by atoms with van der Waals surface area (Å²) in [5, 5.41) is 11.0. The number of amidine groups is 1. The molecule has 0 bridgehead atoms. The van der Waals surface area contributed by atoms with Crippen LogP contribution in [0.1, 0.15) is 49.2 Å². The van der Waals surface area contributed by atoms with Gasteiger partial charge in [-0.1, -0.05) is 44.7 Å². The quantitative estimate of drug-likeness (QED) is 0.316. The number of carbonyl (C=O) groups is 2. The first-order chi connectivity index (χ1) is 14.8. The van der Waals surface area contributed by atoms with E-state index in [9.17, 15) is 9.59 Å². The summed E-state index contributed by atoms with van der Waals surface area (Å²) in [6.45, 7) is 8.62. The third-order valence-corrected chi connectivity index (χ3v) is 5.26. The van der Waals surface area contributed by atoms with Crippen LogP contribution in [-0.4, -0.2) is 35.6 Å². The molecule has 7 nitrogen and oxygen atoms in total. The van der Waals surface area contributed by atoms with Gasteiger partial charge < -0.3 is 14.8 Å². The highest BCUT2D eigenvalue weighted by Crippen LogP contribution is 2.29. The van der Waals surface area contributed by atoms with Gasteiger partial charge in [0, 0.05) is 0 Å². The Bertz CT molecular complexity index is 1020. The van der Waals surface area contributed by atoms with Gasteiger partial charge in [0.25, 0.3) is 0 Å². The van der Waals surface area contributed by atoms with Crippen LogP contribution in [0.3, 0.4) is 0 Å². The molecule has 31 heavy (non-hydrogen) atoms. The van der Waals surface area contributed by atoms with E-state index in [1.165, 1.54) is 18.0 Å². The molecule has 3 rings (SSSR count). The third kappa shape index (κ3) is 6.18. The van der Waals surface area contributed by atoms with E-state index in [2.05, 4.69) is 36.3 Å². The van der Waals surface area contributed by atoms with Gasteiger partial charge in [-0.15, -0.1) is 5.10 Å².